The van der Waals surface area contributed by atoms with Crippen LogP contribution in [-0.4, -0.2) is 22.2 Å². The smallest absolute Gasteiger partial charge is 0.423 e. The molecular formula is C12H10BNO2. The van der Waals surface area contributed by atoms with Crippen LogP contribution in [0.3, 0.4) is 0 Å². The Morgan fingerprint density at radius 3 is 2.44 bits per heavy atom. The van der Waals surface area contributed by atoms with Gasteiger partial charge in [-0.2, -0.15) is 0 Å². The Morgan fingerprint density at radius 1 is 0.875 bits per heavy atom. The fourth-order valence-electron chi connectivity index (χ4n) is 2.11. The number of aromatic nitrogens is 1. The largest absolute Gasteiger partial charge is 0.490 e. The average molecular weight is 211 g/mol. The number of rotatable bonds is 1. The van der Waals surface area contributed by atoms with Crippen LogP contribution in [0, 0.1) is 0 Å². The van der Waals surface area contributed by atoms with E-state index < -0.39 is 7.12 Å². The van der Waals surface area contributed by atoms with Crippen LogP contribution in [0.1, 0.15) is 0 Å². The van der Waals surface area contributed by atoms with Gasteiger partial charge in [-0.15, -0.1) is 0 Å². The molecule has 3 N–H and O–H groups in total. The summed E-state index contributed by atoms with van der Waals surface area (Å²) < 4.78 is 0. The van der Waals surface area contributed by atoms with Crippen molar-refractivity contribution in [2.45, 2.75) is 0 Å². The Kier molecular flexibility index (Phi) is 1.99. The SMILES string of the molecule is OB(O)c1cccc2c1[nH]c1ccccc12. The van der Waals surface area contributed by atoms with Crippen LogP contribution in [0.2, 0.25) is 0 Å². The van der Waals surface area contributed by atoms with Gasteiger partial charge in [-0.25, -0.2) is 0 Å². The highest BCUT2D eigenvalue weighted by molar-refractivity contribution is 6.62. The topological polar surface area (TPSA) is 56.2 Å². The van der Waals surface area contributed by atoms with Crippen molar-refractivity contribution in [1.82, 2.24) is 4.98 Å². The lowest BCUT2D eigenvalue weighted by atomic mass is 9.79. The predicted molar refractivity (Wildman–Crippen MR) is 65.6 cm³/mol. The molecule has 0 atom stereocenters. The summed E-state index contributed by atoms with van der Waals surface area (Å²) in [7, 11) is -1.45. The quantitative estimate of drug-likeness (QED) is 0.526. The Hall–Kier alpha value is -1.78. The molecule has 4 heteroatoms. The van der Waals surface area contributed by atoms with Crippen molar-refractivity contribution in [3.63, 3.8) is 0 Å². The van der Waals surface area contributed by atoms with Crippen LogP contribution in [0.15, 0.2) is 42.5 Å². The summed E-state index contributed by atoms with van der Waals surface area (Å²) in [6.07, 6.45) is 0. The summed E-state index contributed by atoms with van der Waals surface area (Å²) in [5.41, 5.74) is 2.30. The van der Waals surface area contributed by atoms with Crippen LogP contribution in [-0.2, 0) is 0 Å². The highest BCUT2D eigenvalue weighted by atomic mass is 16.4. The molecule has 2 aromatic carbocycles. The molecule has 3 nitrogen and oxygen atoms in total. The maximum Gasteiger partial charge on any atom is 0.490 e. The maximum absolute atomic E-state index is 9.28. The number of benzene rings is 2. The Balaban J connectivity index is 2.49. The second-order valence-corrected chi connectivity index (χ2v) is 3.81. The molecule has 3 aromatic rings. The normalized spacial score (nSPS) is 11.1. The third kappa shape index (κ3) is 1.24. The molecule has 0 aliphatic carbocycles. The molecule has 0 aliphatic heterocycles. The van der Waals surface area contributed by atoms with Crippen LogP contribution < -0.4 is 5.46 Å². The summed E-state index contributed by atoms with van der Waals surface area (Å²) in [5.74, 6) is 0. The highest BCUT2D eigenvalue weighted by Crippen LogP contribution is 2.23. The predicted octanol–water partition coefficient (Wildman–Crippen LogP) is 1.00. The van der Waals surface area contributed by atoms with Gasteiger partial charge in [0.05, 0.1) is 0 Å². The van der Waals surface area contributed by atoms with Crippen LogP contribution in [0.4, 0.5) is 0 Å². The zero-order valence-electron chi connectivity index (χ0n) is 8.51. The van der Waals surface area contributed by atoms with Gasteiger partial charge in [0, 0.05) is 27.3 Å². The fraction of sp³-hybridized carbons (Fsp3) is 0. The zero-order valence-corrected chi connectivity index (χ0v) is 8.51. The molecule has 0 aliphatic rings. The molecule has 0 amide bonds. The molecule has 3 rings (SSSR count). The number of para-hydroxylation sites is 2. The second-order valence-electron chi connectivity index (χ2n) is 3.81. The first-order valence-electron chi connectivity index (χ1n) is 5.13. The van der Waals surface area contributed by atoms with Crippen LogP contribution >= 0.6 is 0 Å². The molecular weight excluding hydrogens is 201 g/mol. The lowest BCUT2D eigenvalue weighted by Crippen LogP contribution is -2.30. The number of nitrogens with one attached hydrogen (secondary N) is 1. The van der Waals surface area contributed by atoms with E-state index in [1.807, 2.05) is 36.4 Å². The Morgan fingerprint density at radius 2 is 1.62 bits per heavy atom. The molecule has 78 valence electrons. The standard InChI is InChI=1S/C12H10BNO2/c15-13(16)10-6-3-5-9-8-4-1-2-7-11(8)14-12(9)10/h1-7,14-16H. The molecule has 0 unspecified atom stereocenters. The van der Waals surface area contributed by atoms with Gasteiger partial charge in [-0.1, -0.05) is 36.4 Å². The molecule has 0 radical (unpaired) electrons. The van der Waals surface area contributed by atoms with E-state index >= 15 is 0 Å². The first kappa shape index (κ1) is 9.45. The first-order chi connectivity index (χ1) is 7.77. The van der Waals surface area contributed by atoms with Gasteiger partial charge >= 0.3 is 7.12 Å². The van der Waals surface area contributed by atoms with Crippen molar-refractivity contribution in [1.29, 1.82) is 0 Å². The lowest BCUT2D eigenvalue weighted by molar-refractivity contribution is 0.426. The van der Waals surface area contributed by atoms with E-state index in [0.717, 1.165) is 21.8 Å². The Labute approximate surface area is 92.5 Å². The van der Waals surface area contributed by atoms with Crippen molar-refractivity contribution in [2.75, 3.05) is 0 Å². The molecule has 0 saturated carbocycles. The van der Waals surface area contributed by atoms with E-state index in [0.29, 0.717) is 5.46 Å². The summed E-state index contributed by atoms with van der Waals surface area (Å²) >= 11 is 0. The minimum absolute atomic E-state index is 0.508. The lowest BCUT2D eigenvalue weighted by Gasteiger charge is -2.00. The zero-order chi connectivity index (χ0) is 11.1. The van der Waals surface area contributed by atoms with E-state index in [1.165, 1.54) is 0 Å². The van der Waals surface area contributed by atoms with Crippen LogP contribution in [0.5, 0.6) is 0 Å². The molecule has 0 fully saturated rings. The molecule has 0 saturated heterocycles. The molecule has 16 heavy (non-hydrogen) atoms. The van der Waals surface area contributed by atoms with Gasteiger partial charge in [0.2, 0.25) is 0 Å². The summed E-state index contributed by atoms with van der Waals surface area (Å²) in [5, 5.41) is 20.7. The van der Waals surface area contributed by atoms with Gasteiger partial charge in [0.15, 0.2) is 0 Å². The van der Waals surface area contributed by atoms with Gasteiger partial charge in [-0.05, 0) is 6.07 Å². The monoisotopic (exact) mass is 211 g/mol. The summed E-state index contributed by atoms with van der Waals surface area (Å²) in [6, 6.07) is 13.4. The van der Waals surface area contributed by atoms with E-state index in [9.17, 15) is 10.0 Å². The van der Waals surface area contributed by atoms with E-state index in [2.05, 4.69) is 4.98 Å². The van der Waals surface area contributed by atoms with Gasteiger partial charge < -0.3 is 15.0 Å². The third-order valence-electron chi connectivity index (χ3n) is 2.85. The second kappa shape index (κ2) is 3.37. The number of hydrogen-bond acceptors (Lipinski definition) is 2. The van der Waals surface area contributed by atoms with Crippen molar-refractivity contribution in [3.05, 3.63) is 42.5 Å². The maximum atomic E-state index is 9.28. The highest BCUT2D eigenvalue weighted by Gasteiger charge is 2.16. The van der Waals surface area contributed by atoms with Gasteiger partial charge in [0.25, 0.3) is 0 Å². The summed E-state index contributed by atoms with van der Waals surface area (Å²) in [6.45, 7) is 0. The number of hydrogen-bond donors (Lipinski definition) is 3. The molecule has 1 heterocycles. The molecule has 0 bridgehead atoms. The van der Waals surface area contributed by atoms with Gasteiger partial charge in [-0.3, -0.25) is 0 Å². The minimum atomic E-state index is -1.45. The first-order valence-corrected chi connectivity index (χ1v) is 5.13. The number of fused-ring (bicyclic) bond motifs is 3. The molecule has 0 spiro atoms. The van der Waals surface area contributed by atoms with E-state index in [1.54, 1.807) is 6.07 Å². The average Bonchev–Trinajstić information content (AvgIpc) is 2.67. The number of aromatic amines is 1. The van der Waals surface area contributed by atoms with Crippen molar-refractivity contribution < 1.29 is 10.0 Å². The van der Waals surface area contributed by atoms with Crippen molar-refractivity contribution >= 4 is 34.4 Å². The molecule has 1 aromatic heterocycles. The van der Waals surface area contributed by atoms with E-state index in [4.69, 9.17) is 0 Å². The van der Waals surface area contributed by atoms with Crippen LogP contribution in [0.25, 0.3) is 21.8 Å². The van der Waals surface area contributed by atoms with Gasteiger partial charge in [0.1, 0.15) is 0 Å². The third-order valence-corrected chi connectivity index (χ3v) is 2.85. The fourth-order valence-corrected chi connectivity index (χ4v) is 2.11. The number of H-pyrrole nitrogens is 1. The van der Waals surface area contributed by atoms with E-state index in [-0.39, 0.29) is 0 Å². The van der Waals surface area contributed by atoms with Crippen molar-refractivity contribution in [2.24, 2.45) is 0 Å². The minimum Gasteiger partial charge on any atom is -0.423 e. The van der Waals surface area contributed by atoms with Crippen molar-refractivity contribution in [3.8, 4) is 0 Å². The Bertz CT molecular complexity index is 660. The summed E-state index contributed by atoms with van der Waals surface area (Å²) in [4.78, 5) is 3.21.